The van der Waals surface area contributed by atoms with Gasteiger partial charge in [-0.1, -0.05) is 0 Å². The third-order valence-corrected chi connectivity index (χ3v) is 2.47. The minimum absolute atomic E-state index is 0.279. The van der Waals surface area contributed by atoms with Gasteiger partial charge in [-0.25, -0.2) is 0 Å². The molecule has 2 N–H and O–H groups in total. The van der Waals surface area contributed by atoms with E-state index >= 15 is 0 Å². The summed E-state index contributed by atoms with van der Waals surface area (Å²) in [4.78, 5) is 0. The van der Waals surface area contributed by atoms with Crippen LogP contribution in [0.2, 0.25) is 0 Å². The summed E-state index contributed by atoms with van der Waals surface area (Å²) in [6.45, 7) is 5.44. The van der Waals surface area contributed by atoms with E-state index in [1.165, 1.54) is 0 Å². The maximum atomic E-state index is 8.64. The van der Waals surface area contributed by atoms with Crippen molar-refractivity contribution in [3.63, 3.8) is 0 Å². The van der Waals surface area contributed by atoms with E-state index in [4.69, 9.17) is 9.84 Å². The molecule has 78 valence electrons. The van der Waals surface area contributed by atoms with Crippen molar-refractivity contribution >= 4 is 0 Å². The molecule has 1 fully saturated rings. The molecule has 1 aliphatic rings. The SMILES string of the molecule is C[C@H]1CC(NCCCO)C[C@H](C)O1. The molecule has 0 bridgehead atoms. The average molecular weight is 187 g/mol. The number of aliphatic hydroxyl groups is 1. The molecule has 0 saturated carbocycles. The third-order valence-electron chi connectivity index (χ3n) is 2.47. The van der Waals surface area contributed by atoms with E-state index in [-0.39, 0.29) is 6.61 Å². The average Bonchev–Trinajstić information content (AvgIpc) is 2.03. The summed E-state index contributed by atoms with van der Waals surface area (Å²) in [7, 11) is 0. The normalized spacial score (nSPS) is 34.8. The van der Waals surface area contributed by atoms with E-state index in [1.54, 1.807) is 0 Å². The molecule has 2 atom stereocenters. The highest BCUT2D eigenvalue weighted by Crippen LogP contribution is 2.18. The maximum Gasteiger partial charge on any atom is 0.0565 e. The van der Waals surface area contributed by atoms with E-state index < -0.39 is 0 Å². The molecule has 0 unspecified atom stereocenters. The number of hydrogen-bond acceptors (Lipinski definition) is 3. The fourth-order valence-electron chi connectivity index (χ4n) is 1.96. The summed E-state index contributed by atoms with van der Waals surface area (Å²) in [5, 5.41) is 12.1. The van der Waals surface area contributed by atoms with Gasteiger partial charge in [-0.05, 0) is 39.7 Å². The van der Waals surface area contributed by atoms with Gasteiger partial charge in [-0.3, -0.25) is 0 Å². The lowest BCUT2D eigenvalue weighted by Crippen LogP contribution is -2.41. The van der Waals surface area contributed by atoms with Crippen molar-refractivity contribution in [2.24, 2.45) is 0 Å². The van der Waals surface area contributed by atoms with Gasteiger partial charge in [-0.15, -0.1) is 0 Å². The molecule has 0 aromatic heterocycles. The molecule has 1 aliphatic heterocycles. The standard InChI is InChI=1S/C10H21NO2/c1-8-6-10(7-9(2)13-8)11-4-3-5-12/h8-12H,3-7H2,1-2H3/t8-,9-/m0/s1. The highest BCUT2D eigenvalue weighted by atomic mass is 16.5. The first-order chi connectivity index (χ1) is 6.22. The van der Waals surface area contributed by atoms with E-state index in [1.807, 2.05) is 0 Å². The minimum Gasteiger partial charge on any atom is -0.396 e. The van der Waals surface area contributed by atoms with Gasteiger partial charge < -0.3 is 15.2 Å². The van der Waals surface area contributed by atoms with Gasteiger partial charge in [0, 0.05) is 12.6 Å². The summed E-state index contributed by atoms with van der Waals surface area (Å²) in [5.41, 5.74) is 0. The fraction of sp³-hybridized carbons (Fsp3) is 1.00. The Balaban J connectivity index is 2.17. The predicted molar refractivity (Wildman–Crippen MR) is 52.7 cm³/mol. The topological polar surface area (TPSA) is 41.5 Å². The van der Waals surface area contributed by atoms with Crippen LogP contribution < -0.4 is 5.32 Å². The van der Waals surface area contributed by atoms with Gasteiger partial charge in [0.25, 0.3) is 0 Å². The molecular weight excluding hydrogens is 166 g/mol. The molecule has 3 heteroatoms. The Labute approximate surface area is 80.5 Å². The van der Waals surface area contributed by atoms with E-state index in [2.05, 4.69) is 19.2 Å². The van der Waals surface area contributed by atoms with Gasteiger partial charge >= 0.3 is 0 Å². The van der Waals surface area contributed by atoms with Gasteiger partial charge in [0.15, 0.2) is 0 Å². The molecular formula is C10H21NO2. The molecule has 0 aliphatic carbocycles. The lowest BCUT2D eigenvalue weighted by Gasteiger charge is -2.32. The molecule has 0 spiro atoms. The quantitative estimate of drug-likeness (QED) is 0.643. The largest absolute Gasteiger partial charge is 0.396 e. The van der Waals surface area contributed by atoms with Crippen LogP contribution in [0.3, 0.4) is 0 Å². The van der Waals surface area contributed by atoms with Crippen molar-refractivity contribution in [3.8, 4) is 0 Å². The summed E-state index contributed by atoms with van der Waals surface area (Å²) >= 11 is 0. The second-order valence-corrected chi connectivity index (χ2v) is 3.96. The smallest absolute Gasteiger partial charge is 0.0565 e. The van der Waals surface area contributed by atoms with Crippen LogP contribution in [0.1, 0.15) is 33.1 Å². The summed E-state index contributed by atoms with van der Waals surface area (Å²) in [5.74, 6) is 0. The molecule has 0 radical (unpaired) electrons. The van der Waals surface area contributed by atoms with Crippen LogP contribution >= 0.6 is 0 Å². The van der Waals surface area contributed by atoms with Gasteiger partial charge in [-0.2, -0.15) is 0 Å². The van der Waals surface area contributed by atoms with Crippen molar-refractivity contribution in [1.29, 1.82) is 0 Å². The highest BCUT2D eigenvalue weighted by Gasteiger charge is 2.23. The van der Waals surface area contributed by atoms with Crippen LogP contribution in [0.5, 0.6) is 0 Å². The van der Waals surface area contributed by atoms with Crippen molar-refractivity contribution in [2.45, 2.75) is 51.4 Å². The Morgan fingerprint density at radius 3 is 2.46 bits per heavy atom. The molecule has 1 saturated heterocycles. The minimum atomic E-state index is 0.279. The molecule has 3 nitrogen and oxygen atoms in total. The van der Waals surface area contributed by atoms with Crippen LogP contribution in [0.4, 0.5) is 0 Å². The maximum absolute atomic E-state index is 8.64. The van der Waals surface area contributed by atoms with Crippen LogP contribution in [0, 0.1) is 0 Å². The third kappa shape index (κ3) is 4.07. The Hall–Kier alpha value is -0.120. The zero-order valence-corrected chi connectivity index (χ0v) is 8.62. The zero-order valence-electron chi connectivity index (χ0n) is 8.62. The van der Waals surface area contributed by atoms with Crippen LogP contribution in [-0.2, 0) is 4.74 Å². The van der Waals surface area contributed by atoms with Gasteiger partial charge in [0.05, 0.1) is 12.2 Å². The van der Waals surface area contributed by atoms with Gasteiger partial charge in [0.1, 0.15) is 0 Å². The lowest BCUT2D eigenvalue weighted by atomic mass is 10.00. The first-order valence-electron chi connectivity index (χ1n) is 5.22. The first-order valence-corrected chi connectivity index (χ1v) is 5.22. The summed E-state index contributed by atoms with van der Waals surface area (Å²) in [6, 6.07) is 0.574. The molecule has 0 aromatic rings. The number of ether oxygens (including phenoxy) is 1. The highest BCUT2D eigenvalue weighted by molar-refractivity contribution is 4.78. The molecule has 0 aromatic carbocycles. The van der Waals surface area contributed by atoms with E-state index in [0.717, 1.165) is 25.8 Å². The molecule has 13 heavy (non-hydrogen) atoms. The Bertz CT molecular complexity index is 131. The second-order valence-electron chi connectivity index (χ2n) is 3.96. The van der Waals surface area contributed by atoms with Crippen molar-refractivity contribution in [2.75, 3.05) is 13.2 Å². The van der Waals surface area contributed by atoms with Gasteiger partial charge in [0.2, 0.25) is 0 Å². The predicted octanol–water partition coefficient (Wildman–Crippen LogP) is 0.914. The zero-order chi connectivity index (χ0) is 9.68. The lowest BCUT2D eigenvalue weighted by molar-refractivity contribution is -0.0420. The van der Waals surface area contributed by atoms with Crippen LogP contribution in [0.15, 0.2) is 0 Å². The number of nitrogens with one attached hydrogen (secondary N) is 1. The number of hydrogen-bond donors (Lipinski definition) is 2. The fourth-order valence-corrected chi connectivity index (χ4v) is 1.96. The molecule has 1 rings (SSSR count). The first kappa shape index (κ1) is 11.0. The van der Waals surface area contributed by atoms with E-state index in [9.17, 15) is 0 Å². The van der Waals surface area contributed by atoms with Crippen LogP contribution in [-0.4, -0.2) is 36.5 Å². The Kier molecular flexibility index (Phi) is 4.70. The van der Waals surface area contributed by atoms with E-state index in [0.29, 0.717) is 18.2 Å². The number of rotatable bonds is 4. The molecule has 0 amide bonds. The monoisotopic (exact) mass is 187 g/mol. The van der Waals surface area contributed by atoms with Crippen molar-refractivity contribution < 1.29 is 9.84 Å². The van der Waals surface area contributed by atoms with Crippen molar-refractivity contribution in [3.05, 3.63) is 0 Å². The summed E-state index contributed by atoms with van der Waals surface area (Å²) in [6.07, 6.45) is 3.77. The Morgan fingerprint density at radius 2 is 1.92 bits per heavy atom. The van der Waals surface area contributed by atoms with Crippen molar-refractivity contribution in [1.82, 2.24) is 5.32 Å². The molecule has 1 heterocycles. The summed E-state index contributed by atoms with van der Waals surface area (Å²) < 4.78 is 5.63. The Morgan fingerprint density at radius 1 is 1.31 bits per heavy atom. The number of aliphatic hydroxyl groups excluding tert-OH is 1. The second kappa shape index (κ2) is 5.58. The van der Waals surface area contributed by atoms with Crippen LogP contribution in [0.25, 0.3) is 0 Å².